The molecule has 0 aliphatic rings. The molecule has 5 nitrogen and oxygen atoms in total. The average molecular weight is 288 g/mol. The maximum absolute atomic E-state index is 11.8. The summed E-state index contributed by atoms with van der Waals surface area (Å²) in [5.41, 5.74) is 4.79. The van der Waals surface area contributed by atoms with Crippen molar-refractivity contribution in [3.05, 3.63) is 0 Å². The highest BCUT2D eigenvalue weighted by molar-refractivity contribution is 5.76. The van der Waals surface area contributed by atoms with Gasteiger partial charge in [0, 0.05) is 20.2 Å². The number of methoxy groups -OCH3 is 1. The van der Waals surface area contributed by atoms with Crippen LogP contribution in [0, 0.1) is 0 Å². The fourth-order valence-electron chi connectivity index (χ4n) is 1.83. The summed E-state index contributed by atoms with van der Waals surface area (Å²) in [6.07, 6.45) is 2.91. The standard InChI is InChI=1S/C15H32N2O3/c1-6-14(3,19-5)8-11-20-15(4,7-2)12-13(18)17-10-9-16/h6-12,16H2,1-5H3,(H,17,18). The minimum absolute atomic E-state index is 0.00945. The zero-order chi connectivity index (χ0) is 15.6. The Labute approximate surface area is 123 Å². The fraction of sp³-hybridized carbons (Fsp3) is 0.933. The number of nitrogens with two attached hydrogens (primary N) is 1. The lowest BCUT2D eigenvalue weighted by Gasteiger charge is -2.32. The van der Waals surface area contributed by atoms with E-state index in [1.54, 1.807) is 7.11 Å². The zero-order valence-electron chi connectivity index (χ0n) is 13.8. The predicted octanol–water partition coefficient (Wildman–Crippen LogP) is 1.84. The highest BCUT2D eigenvalue weighted by Crippen LogP contribution is 2.24. The van der Waals surface area contributed by atoms with Gasteiger partial charge in [-0.15, -0.1) is 0 Å². The van der Waals surface area contributed by atoms with E-state index in [4.69, 9.17) is 15.2 Å². The maximum atomic E-state index is 11.8. The maximum Gasteiger partial charge on any atom is 0.222 e. The second-order valence-corrected chi connectivity index (χ2v) is 5.72. The third kappa shape index (κ3) is 7.22. The number of carbonyl (C=O) groups excluding carboxylic acids is 1. The summed E-state index contributed by atoms with van der Waals surface area (Å²) in [4.78, 5) is 11.8. The molecule has 20 heavy (non-hydrogen) atoms. The van der Waals surface area contributed by atoms with E-state index >= 15 is 0 Å². The molecule has 0 fully saturated rings. The minimum Gasteiger partial charge on any atom is -0.378 e. The molecule has 1 amide bonds. The van der Waals surface area contributed by atoms with Gasteiger partial charge in [0.25, 0.3) is 0 Å². The molecule has 120 valence electrons. The molecule has 0 aromatic carbocycles. The van der Waals surface area contributed by atoms with Crippen molar-refractivity contribution in [3.8, 4) is 0 Å². The monoisotopic (exact) mass is 288 g/mol. The molecule has 0 radical (unpaired) electrons. The van der Waals surface area contributed by atoms with E-state index < -0.39 is 5.60 Å². The van der Waals surface area contributed by atoms with E-state index in [1.807, 2.05) is 13.8 Å². The fourth-order valence-corrected chi connectivity index (χ4v) is 1.83. The van der Waals surface area contributed by atoms with Crippen molar-refractivity contribution in [2.24, 2.45) is 5.73 Å². The number of nitrogens with one attached hydrogen (secondary N) is 1. The normalized spacial score (nSPS) is 17.3. The van der Waals surface area contributed by atoms with Crippen LogP contribution >= 0.6 is 0 Å². The summed E-state index contributed by atoms with van der Waals surface area (Å²) in [6, 6.07) is 0. The van der Waals surface area contributed by atoms with Crippen LogP contribution in [-0.2, 0) is 14.3 Å². The SMILES string of the molecule is CCC(C)(CCOC(C)(CC)CC(=O)NCCN)OC. The van der Waals surface area contributed by atoms with E-state index in [-0.39, 0.29) is 11.5 Å². The highest BCUT2D eigenvalue weighted by Gasteiger charge is 2.28. The van der Waals surface area contributed by atoms with Crippen LogP contribution in [0.15, 0.2) is 0 Å². The molecule has 0 aliphatic carbocycles. The van der Waals surface area contributed by atoms with E-state index in [1.165, 1.54) is 0 Å². The minimum atomic E-state index is -0.429. The summed E-state index contributed by atoms with van der Waals surface area (Å²) in [5, 5.41) is 2.78. The molecule has 0 saturated carbocycles. The van der Waals surface area contributed by atoms with Crippen LogP contribution in [0.5, 0.6) is 0 Å². The molecule has 0 heterocycles. The first-order chi connectivity index (χ1) is 9.34. The Kier molecular flexibility index (Phi) is 9.01. The van der Waals surface area contributed by atoms with Crippen molar-refractivity contribution < 1.29 is 14.3 Å². The van der Waals surface area contributed by atoms with Gasteiger partial charge in [-0.1, -0.05) is 13.8 Å². The largest absolute Gasteiger partial charge is 0.378 e. The smallest absolute Gasteiger partial charge is 0.222 e. The Morgan fingerprint density at radius 1 is 1.20 bits per heavy atom. The molecule has 2 unspecified atom stereocenters. The highest BCUT2D eigenvalue weighted by atomic mass is 16.5. The summed E-state index contributed by atoms with van der Waals surface area (Å²) in [5.74, 6) is -0.00945. The molecule has 0 aliphatic heterocycles. The van der Waals surface area contributed by atoms with Crippen molar-refractivity contribution >= 4 is 5.91 Å². The van der Waals surface area contributed by atoms with Gasteiger partial charge in [0.05, 0.1) is 24.2 Å². The Morgan fingerprint density at radius 3 is 2.25 bits per heavy atom. The third-order valence-corrected chi connectivity index (χ3v) is 4.07. The van der Waals surface area contributed by atoms with Gasteiger partial charge in [-0.05, 0) is 33.1 Å². The Bertz CT molecular complexity index is 280. The van der Waals surface area contributed by atoms with Crippen LogP contribution in [-0.4, -0.2) is 43.9 Å². The lowest BCUT2D eigenvalue weighted by atomic mass is 9.96. The van der Waals surface area contributed by atoms with Crippen LogP contribution in [0.2, 0.25) is 0 Å². The Balaban J connectivity index is 4.27. The molecule has 0 spiro atoms. The molecular formula is C15H32N2O3. The molecule has 0 aromatic heterocycles. The molecule has 0 saturated heterocycles. The first-order valence-corrected chi connectivity index (χ1v) is 7.50. The number of hydrogen-bond donors (Lipinski definition) is 2. The lowest BCUT2D eigenvalue weighted by molar-refractivity contribution is -0.130. The quantitative estimate of drug-likeness (QED) is 0.608. The number of carbonyl (C=O) groups is 1. The van der Waals surface area contributed by atoms with Gasteiger partial charge in [-0.2, -0.15) is 0 Å². The van der Waals surface area contributed by atoms with Gasteiger partial charge < -0.3 is 20.5 Å². The average Bonchev–Trinajstić information content (AvgIpc) is 2.44. The molecule has 2 atom stereocenters. The van der Waals surface area contributed by atoms with Crippen LogP contribution in [0.1, 0.15) is 53.4 Å². The zero-order valence-corrected chi connectivity index (χ0v) is 13.8. The third-order valence-electron chi connectivity index (χ3n) is 4.07. The molecular weight excluding hydrogens is 256 g/mol. The second kappa shape index (κ2) is 9.32. The number of rotatable bonds is 11. The molecule has 0 bridgehead atoms. The first kappa shape index (κ1) is 19.4. The molecule has 0 rings (SSSR count). The van der Waals surface area contributed by atoms with Crippen LogP contribution in [0.25, 0.3) is 0 Å². The first-order valence-electron chi connectivity index (χ1n) is 7.50. The van der Waals surface area contributed by atoms with Crippen LogP contribution < -0.4 is 11.1 Å². The van der Waals surface area contributed by atoms with Gasteiger partial charge in [-0.25, -0.2) is 0 Å². The van der Waals surface area contributed by atoms with Crippen molar-refractivity contribution in [1.29, 1.82) is 0 Å². The van der Waals surface area contributed by atoms with Gasteiger partial charge in [0.2, 0.25) is 5.91 Å². The summed E-state index contributed by atoms with van der Waals surface area (Å²) in [6.45, 7) is 9.74. The molecule has 3 N–H and O–H groups in total. The predicted molar refractivity (Wildman–Crippen MR) is 81.7 cm³/mol. The van der Waals surface area contributed by atoms with E-state index in [2.05, 4.69) is 19.2 Å². The summed E-state index contributed by atoms with van der Waals surface area (Å²) >= 11 is 0. The molecule has 0 aromatic rings. The van der Waals surface area contributed by atoms with E-state index in [0.717, 1.165) is 19.3 Å². The summed E-state index contributed by atoms with van der Waals surface area (Å²) < 4.78 is 11.5. The van der Waals surface area contributed by atoms with Crippen LogP contribution in [0.4, 0.5) is 0 Å². The number of ether oxygens (including phenoxy) is 2. The van der Waals surface area contributed by atoms with Crippen molar-refractivity contribution in [2.45, 2.75) is 64.6 Å². The Morgan fingerprint density at radius 2 is 1.80 bits per heavy atom. The topological polar surface area (TPSA) is 73.6 Å². The summed E-state index contributed by atoms with van der Waals surface area (Å²) in [7, 11) is 1.72. The number of amides is 1. The van der Waals surface area contributed by atoms with Gasteiger partial charge >= 0.3 is 0 Å². The second-order valence-electron chi connectivity index (χ2n) is 5.72. The van der Waals surface area contributed by atoms with E-state index in [0.29, 0.717) is 26.1 Å². The van der Waals surface area contributed by atoms with Crippen molar-refractivity contribution in [2.75, 3.05) is 26.8 Å². The Hall–Kier alpha value is -0.650. The van der Waals surface area contributed by atoms with Crippen LogP contribution in [0.3, 0.4) is 0 Å². The lowest BCUT2D eigenvalue weighted by Crippen LogP contribution is -2.39. The van der Waals surface area contributed by atoms with Gasteiger partial charge in [-0.3, -0.25) is 4.79 Å². The van der Waals surface area contributed by atoms with Gasteiger partial charge in [0.15, 0.2) is 0 Å². The van der Waals surface area contributed by atoms with Crippen molar-refractivity contribution in [3.63, 3.8) is 0 Å². The van der Waals surface area contributed by atoms with Crippen molar-refractivity contribution in [1.82, 2.24) is 5.32 Å². The van der Waals surface area contributed by atoms with Gasteiger partial charge in [0.1, 0.15) is 0 Å². The number of hydrogen-bond acceptors (Lipinski definition) is 4. The molecule has 5 heteroatoms. The van der Waals surface area contributed by atoms with E-state index in [9.17, 15) is 4.79 Å².